The molecular weight excluding hydrogens is 185 g/mol. The van der Waals surface area contributed by atoms with Gasteiger partial charge in [-0.3, -0.25) is 0 Å². The molecule has 0 saturated carbocycles. The van der Waals surface area contributed by atoms with Crippen molar-refractivity contribution in [3.63, 3.8) is 0 Å². The molecule has 2 rings (SSSR count). The number of nitrogens with two attached hydrogens (primary N) is 1. The molecule has 14 heavy (non-hydrogen) atoms. The lowest BCUT2D eigenvalue weighted by Crippen LogP contribution is -2.03. The number of nitrogen functional groups attached to an aromatic ring is 1. The van der Waals surface area contributed by atoms with Gasteiger partial charge < -0.3 is 5.73 Å². The molecule has 5 nitrogen and oxygen atoms in total. The van der Waals surface area contributed by atoms with Crippen molar-refractivity contribution < 1.29 is 4.39 Å². The Bertz CT molecular complexity index is 444. The summed E-state index contributed by atoms with van der Waals surface area (Å²) in [5.74, 6) is -0.204. The van der Waals surface area contributed by atoms with Crippen LogP contribution in [0.1, 0.15) is 5.56 Å². The summed E-state index contributed by atoms with van der Waals surface area (Å²) in [4.78, 5) is 0. The minimum absolute atomic E-state index is 0.134. The summed E-state index contributed by atoms with van der Waals surface area (Å²) >= 11 is 0. The fourth-order valence-electron chi connectivity index (χ4n) is 1.22. The first-order chi connectivity index (χ1) is 6.66. The molecule has 0 spiro atoms. The number of hydrogen-bond acceptors (Lipinski definition) is 4. The number of anilines is 1. The lowest BCUT2D eigenvalue weighted by Gasteiger charge is -2.02. The SMILES string of the molecule is Cc1cc(F)cc(-n2nnnc2N)c1. The maximum atomic E-state index is 13.0. The van der Waals surface area contributed by atoms with E-state index in [-0.39, 0.29) is 11.8 Å². The van der Waals surface area contributed by atoms with Crippen LogP contribution in [0.2, 0.25) is 0 Å². The molecule has 0 aliphatic rings. The van der Waals surface area contributed by atoms with E-state index in [1.807, 2.05) is 0 Å². The van der Waals surface area contributed by atoms with Gasteiger partial charge in [-0.1, -0.05) is 5.10 Å². The van der Waals surface area contributed by atoms with E-state index in [9.17, 15) is 4.39 Å². The van der Waals surface area contributed by atoms with E-state index in [1.165, 1.54) is 16.8 Å². The molecule has 6 heteroatoms. The predicted molar refractivity (Wildman–Crippen MR) is 48.3 cm³/mol. The molecule has 1 aromatic carbocycles. The van der Waals surface area contributed by atoms with Crippen LogP contribution >= 0.6 is 0 Å². The number of rotatable bonds is 1. The minimum atomic E-state index is -0.338. The van der Waals surface area contributed by atoms with Crippen LogP contribution in [0.15, 0.2) is 18.2 Å². The van der Waals surface area contributed by atoms with Gasteiger partial charge in [0.2, 0.25) is 5.95 Å². The molecule has 2 aromatic rings. The third-order valence-corrected chi connectivity index (χ3v) is 1.77. The fraction of sp³-hybridized carbons (Fsp3) is 0.125. The fourth-order valence-corrected chi connectivity index (χ4v) is 1.22. The van der Waals surface area contributed by atoms with Crippen LogP contribution < -0.4 is 5.73 Å². The third kappa shape index (κ3) is 1.41. The summed E-state index contributed by atoms with van der Waals surface area (Å²) in [5, 5.41) is 10.5. The zero-order chi connectivity index (χ0) is 10.1. The largest absolute Gasteiger partial charge is 0.366 e. The number of tetrazole rings is 1. The van der Waals surface area contributed by atoms with E-state index in [0.29, 0.717) is 5.69 Å². The van der Waals surface area contributed by atoms with Gasteiger partial charge in [-0.05, 0) is 41.1 Å². The van der Waals surface area contributed by atoms with Crippen molar-refractivity contribution in [2.24, 2.45) is 0 Å². The third-order valence-electron chi connectivity index (χ3n) is 1.77. The molecule has 0 amide bonds. The Morgan fingerprint density at radius 2 is 2.14 bits per heavy atom. The second kappa shape index (κ2) is 3.06. The summed E-state index contributed by atoms with van der Waals surface area (Å²) < 4.78 is 14.3. The molecule has 0 radical (unpaired) electrons. The van der Waals surface area contributed by atoms with Crippen molar-refractivity contribution >= 4 is 5.95 Å². The van der Waals surface area contributed by atoms with E-state index in [1.54, 1.807) is 13.0 Å². The Hall–Kier alpha value is -1.98. The average molecular weight is 193 g/mol. The van der Waals surface area contributed by atoms with Crippen LogP contribution in [0.3, 0.4) is 0 Å². The average Bonchev–Trinajstić information content (AvgIpc) is 2.49. The number of nitrogens with zero attached hydrogens (tertiary/aromatic N) is 4. The zero-order valence-corrected chi connectivity index (χ0v) is 7.48. The Morgan fingerprint density at radius 3 is 2.71 bits per heavy atom. The first-order valence-electron chi connectivity index (χ1n) is 3.98. The molecule has 1 aromatic heterocycles. The summed E-state index contributed by atoms with van der Waals surface area (Å²) in [6.07, 6.45) is 0. The number of aryl methyl sites for hydroxylation is 1. The van der Waals surface area contributed by atoms with E-state index < -0.39 is 0 Å². The first-order valence-corrected chi connectivity index (χ1v) is 3.98. The van der Waals surface area contributed by atoms with E-state index in [2.05, 4.69) is 15.5 Å². The molecule has 0 atom stereocenters. The van der Waals surface area contributed by atoms with Gasteiger partial charge in [0.05, 0.1) is 5.69 Å². The Kier molecular flexibility index (Phi) is 1.88. The number of halogens is 1. The van der Waals surface area contributed by atoms with Gasteiger partial charge in [0.1, 0.15) is 5.82 Å². The highest BCUT2D eigenvalue weighted by molar-refractivity contribution is 5.39. The van der Waals surface area contributed by atoms with Crippen LogP contribution in [-0.2, 0) is 0 Å². The summed E-state index contributed by atoms with van der Waals surface area (Å²) in [7, 11) is 0. The van der Waals surface area contributed by atoms with Gasteiger partial charge in [0.25, 0.3) is 0 Å². The van der Waals surface area contributed by atoms with E-state index >= 15 is 0 Å². The van der Waals surface area contributed by atoms with Crippen molar-refractivity contribution in [3.8, 4) is 5.69 Å². The van der Waals surface area contributed by atoms with Crippen molar-refractivity contribution in [2.45, 2.75) is 6.92 Å². The van der Waals surface area contributed by atoms with E-state index in [4.69, 9.17) is 5.73 Å². The predicted octanol–water partition coefficient (Wildman–Crippen LogP) is 0.692. The monoisotopic (exact) mass is 193 g/mol. The van der Waals surface area contributed by atoms with Crippen LogP contribution in [0.5, 0.6) is 0 Å². The highest BCUT2D eigenvalue weighted by Crippen LogP contribution is 2.13. The smallest absolute Gasteiger partial charge is 0.245 e. The van der Waals surface area contributed by atoms with Crippen LogP contribution in [0, 0.1) is 12.7 Å². The van der Waals surface area contributed by atoms with Crippen molar-refractivity contribution in [3.05, 3.63) is 29.6 Å². The van der Waals surface area contributed by atoms with Gasteiger partial charge in [-0.2, -0.15) is 4.68 Å². The maximum absolute atomic E-state index is 13.0. The van der Waals surface area contributed by atoms with Crippen LogP contribution in [0.25, 0.3) is 5.69 Å². The lowest BCUT2D eigenvalue weighted by atomic mass is 10.2. The van der Waals surface area contributed by atoms with Gasteiger partial charge in [0.15, 0.2) is 0 Å². The molecule has 0 unspecified atom stereocenters. The highest BCUT2D eigenvalue weighted by Gasteiger charge is 2.05. The normalized spacial score (nSPS) is 10.4. The Morgan fingerprint density at radius 1 is 1.36 bits per heavy atom. The molecule has 0 fully saturated rings. The maximum Gasteiger partial charge on any atom is 0.245 e. The van der Waals surface area contributed by atoms with Gasteiger partial charge in [0, 0.05) is 0 Å². The molecular formula is C8H8FN5. The number of hydrogen-bond donors (Lipinski definition) is 1. The topological polar surface area (TPSA) is 69.6 Å². The molecule has 1 heterocycles. The van der Waals surface area contributed by atoms with Crippen LogP contribution in [0.4, 0.5) is 10.3 Å². The van der Waals surface area contributed by atoms with Crippen molar-refractivity contribution in [2.75, 3.05) is 5.73 Å². The van der Waals surface area contributed by atoms with Gasteiger partial charge >= 0.3 is 0 Å². The Labute approximate surface area is 79.3 Å². The summed E-state index contributed by atoms with van der Waals surface area (Å²) in [6.45, 7) is 1.78. The molecule has 0 bridgehead atoms. The summed E-state index contributed by atoms with van der Waals surface area (Å²) in [5.41, 5.74) is 6.78. The molecule has 0 aliphatic heterocycles. The molecule has 0 aliphatic carbocycles. The van der Waals surface area contributed by atoms with Crippen molar-refractivity contribution in [1.29, 1.82) is 0 Å². The second-order valence-corrected chi connectivity index (χ2v) is 2.94. The van der Waals surface area contributed by atoms with Gasteiger partial charge in [-0.15, -0.1) is 0 Å². The molecule has 2 N–H and O–H groups in total. The highest BCUT2D eigenvalue weighted by atomic mass is 19.1. The standard InChI is InChI=1S/C8H8FN5/c1-5-2-6(9)4-7(3-5)14-8(10)11-12-13-14/h2-4H,1H3,(H2,10,11,13). The quantitative estimate of drug-likeness (QED) is 0.723. The first kappa shape index (κ1) is 8.61. The van der Waals surface area contributed by atoms with Gasteiger partial charge in [-0.25, -0.2) is 4.39 Å². The number of aromatic nitrogens is 4. The number of benzene rings is 1. The van der Waals surface area contributed by atoms with E-state index in [0.717, 1.165) is 5.56 Å². The van der Waals surface area contributed by atoms with Crippen LogP contribution in [-0.4, -0.2) is 20.2 Å². The second-order valence-electron chi connectivity index (χ2n) is 2.94. The Balaban J connectivity index is 2.57. The summed E-state index contributed by atoms with van der Waals surface area (Å²) in [6, 6.07) is 4.49. The van der Waals surface area contributed by atoms with Crippen molar-refractivity contribution in [1.82, 2.24) is 20.2 Å². The molecule has 0 saturated heterocycles. The lowest BCUT2D eigenvalue weighted by molar-refractivity contribution is 0.623. The molecule has 72 valence electrons. The minimum Gasteiger partial charge on any atom is -0.366 e. The zero-order valence-electron chi connectivity index (χ0n) is 7.48.